The minimum Gasteiger partial charge on any atom is -0.311 e. The molecule has 4 rings (SSSR count). The molecule has 1 amide bonds. The van der Waals surface area contributed by atoms with Crippen molar-refractivity contribution in [2.75, 3.05) is 31.1 Å². The van der Waals surface area contributed by atoms with Crippen LogP contribution in [0.4, 0.5) is 5.69 Å². The van der Waals surface area contributed by atoms with Gasteiger partial charge in [-0.3, -0.25) is 14.5 Å². The molecule has 0 atom stereocenters. The van der Waals surface area contributed by atoms with Gasteiger partial charge in [0.2, 0.25) is 5.91 Å². The number of Topliss-reactive ketones (excluding diaryl/α,β-unsaturated/α-hetero) is 1. The van der Waals surface area contributed by atoms with Crippen molar-refractivity contribution in [1.82, 2.24) is 4.90 Å². The van der Waals surface area contributed by atoms with Gasteiger partial charge >= 0.3 is 0 Å². The monoisotopic (exact) mass is 376 g/mol. The van der Waals surface area contributed by atoms with Gasteiger partial charge in [-0.1, -0.05) is 48.0 Å². The third kappa shape index (κ3) is 4.02. The van der Waals surface area contributed by atoms with E-state index in [2.05, 4.69) is 17.0 Å². The van der Waals surface area contributed by atoms with E-state index in [4.69, 9.17) is 0 Å². The van der Waals surface area contributed by atoms with E-state index in [0.717, 1.165) is 56.6 Å². The Bertz CT molecular complexity index is 851. The zero-order valence-electron chi connectivity index (χ0n) is 16.6. The zero-order chi connectivity index (χ0) is 19.5. The highest BCUT2D eigenvalue weighted by molar-refractivity contribution is 5.98. The van der Waals surface area contributed by atoms with E-state index in [1.807, 2.05) is 48.2 Å². The van der Waals surface area contributed by atoms with Crippen LogP contribution in [0, 0.1) is 12.8 Å². The molecule has 2 aromatic rings. The first kappa shape index (κ1) is 18.9. The Morgan fingerprint density at radius 1 is 0.964 bits per heavy atom. The average molecular weight is 377 g/mol. The number of benzene rings is 2. The van der Waals surface area contributed by atoms with Crippen LogP contribution in [0.5, 0.6) is 0 Å². The second-order valence-corrected chi connectivity index (χ2v) is 8.06. The Hall–Kier alpha value is -2.46. The summed E-state index contributed by atoms with van der Waals surface area (Å²) in [4.78, 5) is 29.8. The molecule has 0 aromatic heterocycles. The molecule has 0 aliphatic carbocycles. The van der Waals surface area contributed by atoms with Crippen LogP contribution in [0.15, 0.2) is 48.5 Å². The summed E-state index contributed by atoms with van der Waals surface area (Å²) in [5.74, 6) is 0.496. The Labute approximate surface area is 167 Å². The molecule has 0 unspecified atom stereocenters. The Balaban J connectivity index is 1.33. The summed E-state index contributed by atoms with van der Waals surface area (Å²) in [6.45, 7) is 4.90. The van der Waals surface area contributed by atoms with Gasteiger partial charge < -0.3 is 4.90 Å². The van der Waals surface area contributed by atoms with Gasteiger partial charge in [0.15, 0.2) is 5.78 Å². The molecular formula is C24H28N2O2. The second-order valence-electron chi connectivity index (χ2n) is 8.06. The van der Waals surface area contributed by atoms with Crippen LogP contribution in [-0.2, 0) is 11.2 Å². The van der Waals surface area contributed by atoms with Gasteiger partial charge in [0.05, 0.1) is 6.54 Å². The molecule has 0 radical (unpaired) electrons. The minimum absolute atomic E-state index is 0.0739. The van der Waals surface area contributed by atoms with Gasteiger partial charge in [0.1, 0.15) is 0 Å². The molecule has 0 N–H and O–H groups in total. The molecule has 4 nitrogen and oxygen atoms in total. The van der Waals surface area contributed by atoms with E-state index in [1.54, 1.807) is 0 Å². The maximum absolute atomic E-state index is 12.9. The predicted octanol–water partition coefficient (Wildman–Crippen LogP) is 3.87. The molecule has 28 heavy (non-hydrogen) atoms. The summed E-state index contributed by atoms with van der Waals surface area (Å²) >= 11 is 0. The quantitative estimate of drug-likeness (QED) is 0.761. The number of para-hydroxylation sites is 1. The fraction of sp³-hybridized carbons (Fsp3) is 0.417. The largest absolute Gasteiger partial charge is 0.311 e. The fourth-order valence-corrected chi connectivity index (χ4v) is 4.38. The Morgan fingerprint density at radius 3 is 2.43 bits per heavy atom. The van der Waals surface area contributed by atoms with Crippen LogP contribution in [0.25, 0.3) is 0 Å². The number of anilines is 1. The lowest BCUT2D eigenvalue weighted by Gasteiger charge is -2.34. The number of hydrogen-bond donors (Lipinski definition) is 0. The lowest BCUT2D eigenvalue weighted by Crippen LogP contribution is -2.45. The molecular weight excluding hydrogens is 348 g/mol. The van der Waals surface area contributed by atoms with Crippen LogP contribution in [-0.4, -0.2) is 42.8 Å². The van der Waals surface area contributed by atoms with Gasteiger partial charge in [-0.05, 0) is 57.3 Å². The molecule has 0 spiro atoms. The lowest BCUT2D eigenvalue weighted by atomic mass is 9.88. The summed E-state index contributed by atoms with van der Waals surface area (Å²) in [7, 11) is 0. The molecule has 0 saturated carbocycles. The van der Waals surface area contributed by atoms with Crippen molar-refractivity contribution in [3.8, 4) is 0 Å². The lowest BCUT2D eigenvalue weighted by molar-refractivity contribution is -0.120. The third-order valence-corrected chi connectivity index (χ3v) is 6.06. The zero-order valence-corrected chi connectivity index (χ0v) is 16.6. The second kappa shape index (κ2) is 8.27. The standard InChI is InChI=1S/C24H28N2O2/c1-18-8-10-20(11-9-18)24(28)21-12-15-25(16-13-21)17-23(27)26-14-4-6-19-5-2-3-7-22(19)26/h2-3,5,7-11,21H,4,6,12-17H2,1H3. The van der Waals surface area contributed by atoms with E-state index in [0.29, 0.717) is 6.54 Å². The normalized spacial score (nSPS) is 18.0. The number of nitrogens with zero attached hydrogens (tertiary/aromatic N) is 2. The molecule has 2 aliphatic rings. The molecule has 2 heterocycles. The molecule has 1 fully saturated rings. The average Bonchev–Trinajstić information content (AvgIpc) is 2.74. The number of piperidine rings is 1. The highest BCUT2D eigenvalue weighted by Crippen LogP contribution is 2.27. The van der Waals surface area contributed by atoms with Gasteiger partial charge in [-0.25, -0.2) is 0 Å². The maximum Gasteiger partial charge on any atom is 0.241 e. The summed E-state index contributed by atoms with van der Waals surface area (Å²) in [5, 5.41) is 0. The first-order valence-corrected chi connectivity index (χ1v) is 10.3. The number of amides is 1. The third-order valence-electron chi connectivity index (χ3n) is 6.06. The van der Waals surface area contributed by atoms with E-state index in [1.165, 1.54) is 11.1 Å². The minimum atomic E-state index is 0.0739. The molecule has 2 aromatic carbocycles. The summed E-state index contributed by atoms with van der Waals surface area (Å²) < 4.78 is 0. The van der Waals surface area contributed by atoms with Crippen LogP contribution < -0.4 is 4.90 Å². The van der Waals surface area contributed by atoms with Crippen LogP contribution in [0.3, 0.4) is 0 Å². The highest BCUT2D eigenvalue weighted by Gasteiger charge is 2.29. The first-order valence-electron chi connectivity index (χ1n) is 10.3. The van der Waals surface area contributed by atoms with Crippen LogP contribution in [0.2, 0.25) is 0 Å². The van der Waals surface area contributed by atoms with Crippen LogP contribution >= 0.6 is 0 Å². The number of likely N-dealkylation sites (tertiary alicyclic amines) is 1. The number of fused-ring (bicyclic) bond motifs is 1. The number of ketones is 1. The molecule has 4 heteroatoms. The van der Waals surface area contributed by atoms with Crippen molar-refractivity contribution >= 4 is 17.4 Å². The van der Waals surface area contributed by atoms with E-state index in [-0.39, 0.29) is 17.6 Å². The van der Waals surface area contributed by atoms with Gasteiger partial charge in [-0.2, -0.15) is 0 Å². The van der Waals surface area contributed by atoms with Gasteiger partial charge in [-0.15, -0.1) is 0 Å². The summed E-state index contributed by atoms with van der Waals surface area (Å²) in [6.07, 6.45) is 3.73. The maximum atomic E-state index is 12.9. The topological polar surface area (TPSA) is 40.6 Å². The molecule has 1 saturated heterocycles. The Morgan fingerprint density at radius 2 is 1.68 bits per heavy atom. The number of carbonyl (C=O) groups is 2. The molecule has 0 bridgehead atoms. The van der Waals surface area contributed by atoms with E-state index < -0.39 is 0 Å². The van der Waals surface area contributed by atoms with Crippen molar-refractivity contribution in [2.45, 2.75) is 32.6 Å². The van der Waals surface area contributed by atoms with Gasteiger partial charge in [0, 0.05) is 23.7 Å². The fourth-order valence-electron chi connectivity index (χ4n) is 4.38. The van der Waals surface area contributed by atoms with Crippen LogP contribution in [0.1, 0.15) is 40.7 Å². The summed E-state index contributed by atoms with van der Waals surface area (Å²) in [6, 6.07) is 16.1. The van der Waals surface area contributed by atoms with Crippen molar-refractivity contribution in [3.05, 3.63) is 65.2 Å². The van der Waals surface area contributed by atoms with Gasteiger partial charge in [0.25, 0.3) is 0 Å². The van der Waals surface area contributed by atoms with Crippen molar-refractivity contribution in [2.24, 2.45) is 5.92 Å². The number of rotatable bonds is 4. The van der Waals surface area contributed by atoms with E-state index in [9.17, 15) is 9.59 Å². The SMILES string of the molecule is Cc1ccc(C(=O)C2CCN(CC(=O)N3CCCc4ccccc43)CC2)cc1. The van der Waals surface area contributed by atoms with Crippen molar-refractivity contribution < 1.29 is 9.59 Å². The Kier molecular flexibility index (Phi) is 5.58. The highest BCUT2D eigenvalue weighted by atomic mass is 16.2. The molecule has 2 aliphatic heterocycles. The summed E-state index contributed by atoms with van der Waals surface area (Å²) in [5.41, 5.74) is 4.32. The van der Waals surface area contributed by atoms with Crippen molar-refractivity contribution in [1.29, 1.82) is 0 Å². The smallest absolute Gasteiger partial charge is 0.241 e. The first-order chi connectivity index (χ1) is 13.6. The number of aryl methyl sites for hydroxylation is 2. The number of carbonyl (C=O) groups excluding carboxylic acids is 2. The van der Waals surface area contributed by atoms with E-state index >= 15 is 0 Å². The predicted molar refractivity (Wildman–Crippen MR) is 112 cm³/mol. The van der Waals surface area contributed by atoms with Crippen molar-refractivity contribution in [3.63, 3.8) is 0 Å². The molecule has 146 valence electrons. The number of hydrogen-bond acceptors (Lipinski definition) is 3.